The third-order valence-corrected chi connectivity index (χ3v) is 4.80. The van der Waals surface area contributed by atoms with Gasteiger partial charge in [-0.15, -0.1) is 0 Å². The van der Waals surface area contributed by atoms with Crippen LogP contribution in [0.3, 0.4) is 0 Å². The van der Waals surface area contributed by atoms with Gasteiger partial charge in [0.25, 0.3) is 0 Å². The molecular formula is C23H31N3O3. The summed E-state index contributed by atoms with van der Waals surface area (Å²) >= 11 is 0. The Morgan fingerprint density at radius 1 is 1.00 bits per heavy atom. The molecule has 6 nitrogen and oxygen atoms in total. The van der Waals surface area contributed by atoms with Crippen molar-refractivity contribution < 1.29 is 14.2 Å². The number of rotatable bonds is 10. The number of para-hydroxylation sites is 1. The zero-order valence-electron chi connectivity index (χ0n) is 17.5. The van der Waals surface area contributed by atoms with Gasteiger partial charge in [-0.25, -0.2) is 0 Å². The lowest BCUT2D eigenvalue weighted by molar-refractivity contribution is 0.296. The molecule has 29 heavy (non-hydrogen) atoms. The lowest BCUT2D eigenvalue weighted by atomic mass is 10.2. The Labute approximate surface area is 173 Å². The molecule has 1 aliphatic rings. The fraction of sp³-hybridized carbons (Fsp3) is 0.435. The summed E-state index contributed by atoms with van der Waals surface area (Å²) in [5.41, 5.74) is 2.21. The molecular weight excluding hydrogens is 366 g/mol. The van der Waals surface area contributed by atoms with Crippen LogP contribution in [-0.4, -0.2) is 33.3 Å². The molecule has 1 fully saturated rings. The van der Waals surface area contributed by atoms with Crippen LogP contribution in [-0.2, 0) is 13.1 Å². The van der Waals surface area contributed by atoms with Crippen LogP contribution in [0.1, 0.15) is 30.9 Å². The molecule has 0 radical (unpaired) electrons. The summed E-state index contributed by atoms with van der Waals surface area (Å²) in [5, 5.41) is 6.70. The number of hydrogen-bond acceptors (Lipinski definition) is 4. The molecule has 1 saturated carbocycles. The second-order valence-electron chi connectivity index (χ2n) is 7.06. The highest BCUT2D eigenvalue weighted by Gasteiger charge is 2.22. The average Bonchev–Trinajstić information content (AvgIpc) is 3.58. The summed E-state index contributed by atoms with van der Waals surface area (Å²) in [5.74, 6) is 3.89. The molecule has 6 heteroatoms. The molecule has 0 unspecified atom stereocenters. The molecule has 0 heterocycles. The first kappa shape index (κ1) is 20.8. The van der Waals surface area contributed by atoms with Gasteiger partial charge in [0.05, 0.1) is 20.3 Å². The van der Waals surface area contributed by atoms with Gasteiger partial charge in [0.2, 0.25) is 0 Å². The summed E-state index contributed by atoms with van der Waals surface area (Å²) in [6.07, 6.45) is 2.57. The largest absolute Gasteiger partial charge is 0.493 e. The predicted octanol–water partition coefficient (Wildman–Crippen LogP) is 3.75. The molecule has 0 atom stereocenters. The second kappa shape index (κ2) is 10.6. The summed E-state index contributed by atoms with van der Waals surface area (Å²) in [6, 6.07) is 14.1. The number of nitrogens with zero attached hydrogens (tertiary/aromatic N) is 1. The Hall–Kier alpha value is -2.89. The van der Waals surface area contributed by atoms with Gasteiger partial charge < -0.3 is 24.8 Å². The highest BCUT2D eigenvalue weighted by Crippen LogP contribution is 2.30. The van der Waals surface area contributed by atoms with Crippen molar-refractivity contribution in [2.75, 3.05) is 27.4 Å². The van der Waals surface area contributed by atoms with Gasteiger partial charge in [-0.1, -0.05) is 24.3 Å². The highest BCUT2D eigenvalue weighted by molar-refractivity contribution is 5.79. The molecule has 2 aromatic carbocycles. The first-order valence-electron chi connectivity index (χ1n) is 10.2. The predicted molar refractivity (Wildman–Crippen MR) is 116 cm³/mol. The van der Waals surface area contributed by atoms with Crippen LogP contribution < -0.4 is 24.8 Å². The Kier molecular flexibility index (Phi) is 7.61. The number of benzene rings is 2. The summed E-state index contributed by atoms with van der Waals surface area (Å²) in [4.78, 5) is 4.32. The minimum absolute atomic E-state index is 0.608. The van der Waals surface area contributed by atoms with Crippen molar-refractivity contribution in [3.05, 3.63) is 53.6 Å². The summed E-state index contributed by atoms with van der Waals surface area (Å²) < 4.78 is 17.0. The summed E-state index contributed by atoms with van der Waals surface area (Å²) in [6.45, 7) is 4.65. The molecule has 2 N–H and O–H groups in total. The maximum atomic E-state index is 5.99. The van der Waals surface area contributed by atoms with Crippen molar-refractivity contribution in [2.24, 2.45) is 10.9 Å². The monoisotopic (exact) mass is 397 g/mol. The molecule has 0 spiro atoms. The van der Waals surface area contributed by atoms with Crippen LogP contribution >= 0.6 is 0 Å². The Balaban J connectivity index is 1.53. The number of guanidine groups is 1. The van der Waals surface area contributed by atoms with E-state index in [9.17, 15) is 0 Å². The van der Waals surface area contributed by atoms with Gasteiger partial charge in [0.15, 0.2) is 17.5 Å². The lowest BCUT2D eigenvalue weighted by Gasteiger charge is -2.15. The quantitative estimate of drug-likeness (QED) is 0.472. The van der Waals surface area contributed by atoms with Crippen LogP contribution in [0.25, 0.3) is 0 Å². The molecule has 3 rings (SSSR count). The maximum Gasteiger partial charge on any atom is 0.191 e. The van der Waals surface area contributed by atoms with Crippen molar-refractivity contribution in [1.82, 2.24) is 10.6 Å². The molecule has 0 bridgehead atoms. The van der Waals surface area contributed by atoms with Gasteiger partial charge in [-0.05, 0) is 49.4 Å². The lowest BCUT2D eigenvalue weighted by Crippen LogP contribution is -2.36. The fourth-order valence-electron chi connectivity index (χ4n) is 2.96. The van der Waals surface area contributed by atoms with Crippen LogP contribution in [0.5, 0.6) is 17.2 Å². The number of aliphatic imine (C=N–C) groups is 1. The van der Waals surface area contributed by atoms with Crippen molar-refractivity contribution in [3.63, 3.8) is 0 Å². The first-order chi connectivity index (χ1) is 14.2. The molecule has 0 amide bonds. The van der Waals surface area contributed by atoms with Crippen molar-refractivity contribution in [3.8, 4) is 17.2 Å². The number of nitrogens with one attached hydrogen (secondary N) is 2. The minimum Gasteiger partial charge on any atom is -0.493 e. The van der Waals surface area contributed by atoms with Crippen molar-refractivity contribution >= 4 is 5.96 Å². The molecule has 0 aromatic heterocycles. The molecule has 0 saturated heterocycles. The van der Waals surface area contributed by atoms with Gasteiger partial charge in [-0.2, -0.15) is 0 Å². The molecule has 0 aliphatic heterocycles. The number of methoxy groups -OCH3 is 1. The summed E-state index contributed by atoms with van der Waals surface area (Å²) in [7, 11) is 3.42. The van der Waals surface area contributed by atoms with E-state index in [1.165, 1.54) is 12.8 Å². The van der Waals surface area contributed by atoms with E-state index in [1.54, 1.807) is 14.2 Å². The van der Waals surface area contributed by atoms with E-state index >= 15 is 0 Å². The van der Waals surface area contributed by atoms with E-state index < -0.39 is 0 Å². The fourth-order valence-corrected chi connectivity index (χ4v) is 2.96. The zero-order valence-corrected chi connectivity index (χ0v) is 17.5. The third-order valence-electron chi connectivity index (χ3n) is 4.80. The van der Waals surface area contributed by atoms with Gasteiger partial charge >= 0.3 is 0 Å². The molecule has 2 aromatic rings. The highest BCUT2D eigenvalue weighted by atomic mass is 16.5. The van der Waals surface area contributed by atoms with Crippen LogP contribution in [0.2, 0.25) is 0 Å². The van der Waals surface area contributed by atoms with E-state index in [0.717, 1.165) is 46.9 Å². The van der Waals surface area contributed by atoms with E-state index in [4.69, 9.17) is 14.2 Å². The van der Waals surface area contributed by atoms with Gasteiger partial charge in [0, 0.05) is 25.7 Å². The topological polar surface area (TPSA) is 64.1 Å². The van der Waals surface area contributed by atoms with Crippen LogP contribution in [0.4, 0.5) is 0 Å². The minimum atomic E-state index is 0.608. The second-order valence-corrected chi connectivity index (χ2v) is 7.06. The Morgan fingerprint density at radius 3 is 2.52 bits per heavy atom. The average molecular weight is 398 g/mol. The Bertz CT molecular complexity index is 819. The SMILES string of the molecule is CCOc1ccc(CNC(=NC)NCc2ccccc2OCC2CC2)cc1OC. The number of ether oxygens (including phenoxy) is 3. The van der Waals surface area contributed by atoms with E-state index in [1.807, 2.05) is 43.3 Å². The number of hydrogen-bond donors (Lipinski definition) is 2. The van der Waals surface area contributed by atoms with Crippen LogP contribution in [0, 0.1) is 5.92 Å². The third kappa shape index (κ3) is 6.31. The van der Waals surface area contributed by atoms with E-state index in [0.29, 0.717) is 19.7 Å². The van der Waals surface area contributed by atoms with E-state index in [2.05, 4.69) is 21.7 Å². The van der Waals surface area contributed by atoms with Crippen LogP contribution in [0.15, 0.2) is 47.5 Å². The van der Waals surface area contributed by atoms with Gasteiger partial charge in [0.1, 0.15) is 5.75 Å². The Morgan fingerprint density at radius 2 is 1.79 bits per heavy atom. The maximum absolute atomic E-state index is 5.99. The normalized spacial score (nSPS) is 13.7. The smallest absolute Gasteiger partial charge is 0.191 e. The molecule has 156 valence electrons. The van der Waals surface area contributed by atoms with Crippen molar-refractivity contribution in [2.45, 2.75) is 32.9 Å². The first-order valence-corrected chi connectivity index (χ1v) is 10.2. The van der Waals surface area contributed by atoms with Crippen molar-refractivity contribution in [1.29, 1.82) is 0 Å². The van der Waals surface area contributed by atoms with Gasteiger partial charge in [-0.3, -0.25) is 4.99 Å². The zero-order chi connectivity index (χ0) is 20.5. The van der Waals surface area contributed by atoms with E-state index in [-0.39, 0.29) is 0 Å². The molecule has 1 aliphatic carbocycles. The standard InChI is InChI=1S/C23H31N3O3/c1-4-28-21-12-11-18(13-22(21)27-3)14-25-23(24-2)26-15-19-7-5-6-8-20(19)29-16-17-9-10-17/h5-8,11-13,17H,4,9-10,14-16H2,1-3H3,(H2,24,25,26).